The molecule has 1 aromatic heterocycles. The number of hydrogen-bond donors (Lipinski definition) is 1. The molecule has 0 aliphatic carbocycles. The molecule has 3 aromatic rings. The van der Waals surface area contributed by atoms with Crippen molar-refractivity contribution in [2.75, 3.05) is 19.8 Å². The number of nitrogens with zero attached hydrogens (tertiary/aromatic N) is 2. The molecule has 0 fully saturated rings. The zero-order chi connectivity index (χ0) is 20.8. The average Bonchev–Trinajstić information content (AvgIpc) is 3.20. The quantitative estimate of drug-likeness (QED) is 0.620. The Morgan fingerprint density at radius 2 is 2.00 bits per heavy atom. The highest BCUT2D eigenvalue weighted by molar-refractivity contribution is 5.94. The number of carbonyl (C=O) groups excluding carboxylic acids is 1. The van der Waals surface area contributed by atoms with Crippen LogP contribution in [0.4, 0.5) is 0 Å². The molecule has 2 aromatic carbocycles. The molecule has 0 spiro atoms. The van der Waals surface area contributed by atoms with Gasteiger partial charge in [0.05, 0.1) is 25.5 Å². The number of hydrogen-bond acceptors (Lipinski definition) is 4. The Labute approximate surface area is 176 Å². The van der Waals surface area contributed by atoms with Gasteiger partial charge < -0.3 is 14.8 Å². The topological polar surface area (TPSA) is 65.4 Å². The van der Waals surface area contributed by atoms with Crippen LogP contribution >= 0.6 is 0 Å². The lowest BCUT2D eigenvalue weighted by Gasteiger charge is -2.22. The van der Waals surface area contributed by atoms with Crippen LogP contribution in [0.3, 0.4) is 0 Å². The molecule has 0 bridgehead atoms. The lowest BCUT2D eigenvalue weighted by molar-refractivity contribution is 0.0383. The first kappa shape index (κ1) is 20.2. The Morgan fingerprint density at radius 1 is 1.20 bits per heavy atom. The summed E-state index contributed by atoms with van der Waals surface area (Å²) in [7, 11) is 0. The number of benzene rings is 2. The summed E-state index contributed by atoms with van der Waals surface area (Å²) in [5, 5.41) is 7.72. The third kappa shape index (κ3) is 4.89. The minimum Gasteiger partial charge on any atom is -0.494 e. The van der Waals surface area contributed by atoms with E-state index in [0.29, 0.717) is 25.3 Å². The summed E-state index contributed by atoms with van der Waals surface area (Å²) in [5.41, 5.74) is 3.91. The van der Waals surface area contributed by atoms with Crippen molar-refractivity contribution in [3.8, 4) is 5.75 Å². The van der Waals surface area contributed by atoms with Crippen molar-refractivity contribution in [2.45, 2.75) is 32.4 Å². The van der Waals surface area contributed by atoms with Gasteiger partial charge in [0.15, 0.2) is 0 Å². The second kappa shape index (κ2) is 9.59. The lowest BCUT2D eigenvalue weighted by Crippen LogP contribution is -2.31. The molecule has 1 N–H and O–H groups in total. The Kier molecular flexibility index (Phi) is 6.44. The van der Waals surface area contributed by atoms with Crippen LogP contribution in [0.2, 0.25) is 0 Å². The average molecular weight is 405 g/mol. The van der Waals surface area contributed by atoms with Gasteiger partial charge in [-0.05, 0) is 48.2 Å². The fraction of sp³-hybridized carbons (Fsp3) is 0.333. The summed E-state index contributed by atoms with van der Waals surface area (Å²) in [5.74, 6) is 0.647. The highest BCUT2D eigenvalue weighted by atomic mass is 16.5. The summed E-state index contributed by atoms with van der Waals surface area (Å²) in [4.78, 5) is 12.5. The molecule has 0 saturated carbocycles. The highest BCUT2D eigenvalue weighted by Gasteiger charge is 2.25. The van der Waals surface area contributed by atoms with Gasteiger partial charge in [-0.2, -0.15) is 5.10 Å². The van der Waals surface area contributed by atoms with E-state index in [2.05, 4.69) is 30.6 Å². The standard InChI is InChI=1S/C24H27N3O3/c1-2-13-29-21-10-8-19(9-11-21)24(28)25-15-22-23-20(12-14-30-22)17-27(26-23)16-18-6-4-3-5-7-18/h3-11,17,22H,2,12-16H2,1H3,(H,25,28)/t22-/m1/s1. The van der Waals surface area contributed by atoms with Crippen LogP contribution in [0.25, 0.3) is 0 Å². The lowest BCUT2D eigenvalue weighted by atomic mass is 10.1. The van der Waals surface area contributed by atoms with Crippen LogP contribution in [-0.4, -0.2) is 35.4 Å². The summed E-state index contributed by atoms with van der Waals surface area (Å²) in [6, 6.07) is 17.5. The zero-order valence-electron chi connectivity index (χ0n) is 17.2. The van der Waals surface area contributed by atoms with Crippen LogP contribution in [0.15, 0.2) is 60.8 Å². The number of nitrogens with one attached hydrogen (secondary N) is 1. The molecule has 30 heavy (non-hydrogen) atoms. The number of rotatable bonds is 8. The smallest absolute Gasteiger partial charge is 0.251 e. The largest absolute Gasteiger partial charge is 0.494 e. The molecule has 2 heterocycles. The van der Waals surface area contributed by atoms with Crippen LogP contribution < -0.4 is 10.1 Å². The van der Waals surface area contributed by atoms with E-state index in [1.807, 2.05) is 35.0 Å². The van der Waals surface area contributed by atoms with Crippen molar-refractivity contribution < 1.29 is 14.3 Å². The van der Waals surface area contributed by atoms with E-state index in [4.69, 9.17) is 14.6 Å². The molecule has 0 saturated heterocycles. The van der Waals surface area contributed by atoms with Crippen molar-refractivity contribution in [2.24, 2.45) is 0 Å². The third-order valence-electron chi connectivity index (χ3n) is 5.09. The fourth-order valence-electron chi connectivity index (χ4n) is 3.55. The van der Waals surface area contributed by atoms with E-state index in [1.165, 1.54) is 11.1 Å². The number of amides is 1. The van der Waals surface area contributed by atoms with Crippen molar-refractivity contribution in [3.05, 3.63) is 83.2 Å². The van der Waals surface area contributed by atoms with Gasteiger partial charge in [-0.3, -0.25) is 9.48 Å². The zero-order valence-corrected chi connectivity index (χ0v) is 17.2. The first-order chi connectivity index (χ1) is 14.7. The van der Waals surface area contributed by atoms with Crippen LogP contribution in [0.1, 0.15) is 46.6 Å². The number of ether oxygens (including phenoxy) is 2. The number of fused-ring (bicyclic) bond motifs is 1. The Morgan fingerprint density at radius 3 is 2.77 bits per heavy atom. The Hall–Kier alpha value is -3.12. The van der Waals surface area contributed by atoms with Crippen molar-refractivity contribution in [3.63, 3.8) is 0 Å². The second-order valence-corrected chi connectivity index (χ2v) is 7.42. The SMILES string of the molecule is CCCOc1ccc(C(=O)NC[C@H]2OCCc3cn(Cc4ccccc4)nc32)cc1. The molecule has 1 aliphatic rings. The molecular formula is C24H27N3O3. The number of carbonyl (C=O) groups is 1. The van der Waals surface area contributed by atoms with Crippen LogP contribution in [0.5, 0.6) is 5.75 Å². The van der Waals surface area contributed by atoms with Gasteiger partial charge in [0.25, 0.3) is 5.91 Å². The monoisotopic (exact) mass is 405 g/mol. The molecule has 1 aliphatic heterocycles. The summed E-state index contributed by atoms with van der Waals surface area (Å²) < 4.78 is 13.4. The van der Waals surface area contributed by atoms with Gasteiger partial charge in [0.2, 0.25) is 0 Å². The summed E-state index contributed by atoms with van der Waals surface area (Å²) in [6.45, 7) is 4.48. The minimum absolute atomic E-state index is 0.128. The first-order valence-electron chi connectivity index (χ1n) is 10.5. The molecule has 6 heteroatoms. The maximum absolute atomic E-state index is 12.5. The molecular weight excluding hydrogens is 378 g/mol. The van der Waals surface area contributed by atoms with E-state index in [0.717, 1.165) is 30.8 Å². The van der Waals surface area contributed by atoms with Crippen molar-refractivity contribution in [1.29, 1.82) is 0 Å². The van der Waals surface area contributed by atoms with Gasteiger partial charge in [0, 0.05) is 18.3 Å². The predicted molar refractivity (Wildman–Crippen MR) is 115 cm³/mol. The Bertz CT molecular complexity index is 967. The normalized spacial score (nSPS) is 15.4. The van der Waals surface area contributed by atoms with Crippen LogP contribution in [0, 0.1) is 0 Å². The minimum atomic E-state index is -0.234. The first-order valence-corrected chi connectivity index (χ1v) is 10.5. The fourth-order valence-corrected chi connectivity index (χ4v) is 3.55. The Balaban J connectivity index is 1.37. The molecule has 1 amide bonds. The van der Waals surface area contributed by atoms with E-state index in [9.17, 15) is 4.79 Å². The van der Waals surface area contributed by atoms with E-state index >= 15 is 0 Å². The van der Waals surface area contributed by atoms with Gasteiger partial charge in [0.1, 0.15) is 11.9 Å². The van der Waals surface area contributed by atoms with Gasteiger partial charge in [-0.15, -0.1) is 0 Å². The molecule has 4 rings (SSSR count). The molecule has 156 valence electrons. The second-order valence-electron chi connectivity index (χ2n) is 7.42. The van der Waals surface area contributed by atoms with Crippen molar-refractivity contribution in [1.82, 2.24) is 15.1 Å². The number of aromatic nitrogens is 2. The van der Waals surface area contributed by atoms with Gasteiger partial charge in [-0.25, -0.2) is 0 Å². The third-order valence-corrected chi connectivity index (χ3v) is 5.09. The molecule has 0 unspecified atom stereocenters. The van der Waals surface area contributed by atoms with E-state index < -0.39 is 0 Å². The molecule has 1 atom stereocenters. The van der Waals surface area contributed by atoms with Gasteiger partial charge >= 0.3 is 0 Å². The van der Waals surface area contributed by atoms with Crippen molar-refractivity contribution >= 4 is 5.91 Å². The van der Waals surface area contributed by atoms with E-state index in [1.54, 1.807) is 12.1 Å². The maximum Gasteiger partial charge on any atom is 0.251 e. The maximum atomic E-state index is 12.5. The highest BCUT2D eigenvalue weighted by Crippen LogP contribution is 2.25. The van der Waals surface area contributed by atoms with Gasteiger partial charge in [-0.1, -0.05) is 37.3 Å². The molecule has 6 nitrogen and oxygen atoms in total. The molecule has 0 radical (unpaired) electrons. The van der Waals surface area contributed by atoms with E-state index in [-0.39, 0.29) is 12.0 Å². The summed E-state index contributed by atoms with van der Waals surface area (Å²) >= 11 is 0. The predicted octanol–water partition coefficient (Wildman–Crippen LogP) is 3.76. The summed E-state index contributed by atoms with van der Waals surface area (Å²) in [6.07, 6.45) is 3.65. The van der Waals surface area contributed by atoms with Crippen LogP contribution in [-0.2, 0) is 17.7 Å².